The molecule has 0 bridgehead atoms. The van der Waals surface area contributed by atoms with Crippen LogP contribution in [0.25, 0.3) is 0 Å². The molecule has 268 valence electrons. The zero-order valence-electron chi connectivity index (χ0n) is 29.2. The number of tetrazole rings is 1. The van der Waals surface area contributed by atoms with Gasteiger partial charge < -0.3 is 30.7 Å². The summed E-state index contributed by atoms with van der Waals surface area (Å²) in [4.78, 5) is 80.2. The number of ether oxygens (including phenoxy) is 2. The Morgan fingerprint density at radius 2 is 1.65 bits per heavy atom. The van der Waals surface area contributed by atoms with Crippen molar-refractivity contribution in [2.24, 2.45) is 5.92 Å². The van der Waals surface area contributed by atoms with Crippen LogP contribution in [-0.2, 0) is 46.4 Å². The third kappa shape index (κ3) is 11.5. The summed E-state index contributed by atoms with van der Waals surface area (Å²) in [6, 6.07) is 3.70. The van der Waals surface area contributed by atoms with Crippen molar-refractivity contribution in [2.75, 3.05) is 11.4 Å². The lowest BCUT2D eigenvalue weighted by atomic mass is 9.98. The van der Waals surface area contributed by atoms with Gasteiger partial charge in [-0.2, -0.15) is 5.21 Å². The number of para-hydroxylation sites is 1. The van der Waals surface area contributed by atoms with Crippen LogP contribution in [0.3, 0.4) is 0 Å². The Bertz CT molecular complexity index is 1500. The van der Waals surface area contributed by atoms with Gasteiger partial charge in [0.1, 0.15) is 29.3 Å². The van der Waals surface area contributed by atoms with Gasteiger partial charge in [0, 0.05) is 12.1 Å². The number of amides is 5. The molecule has 0 radical (unpaired) electrons. The van der Waals surface area contributed by atoms with E-state index in [0.29, 0.717) is 12.1 Å². The number of nitrogens with one attached hydrogen (secondary N) is 5. The molecular weight excluding hydrogens is 638 g/mol. The Labute approximate surface area is 285 Å². The maximum absolute atomic E-state index is 13.6. The molecule has 5 N–H and O–H groups in total. The molecule has 0 aliphatic carbocycles. The monoisotopic (exact) mass is 685 g/mol. The maximum atomic E-state index is 13.6. The van der Waals surface area contributed by atoms with Crippen LogP contribution in [0.1, 0.15) is 79.6 Å². The van der Waals surface area contributed by atoms with Gasteiger partial charge in [-0.1, -0.05) is 43.7 Å². The molecule has 4 atom stereocenters. The maximum Gasteiger partial charge on any atom is 0.408 e. The quantitative estimate of drug-likeness (QED) is 0.187. The van der Waals surface area contributed by atoms with Crippen LogP contribution < -0.4 is 26.2 Å². The summed E-state index contributed by atoms with van der Waals surface area (Å²) in [6.07, 6.45) is -0.718. The van der Waals surface area contributed by atoms with Crippen LogP contribution in [0.5, 0.6) is 0 Å². The van der Waals surface area contributed by atoms with Gasteiger partial charge in [0.15, 0.2) is 5.82 Å². The highest BCUT2D eigenvalue weighted by Crippen LogP contribution is 2.32. The number of aromatic amines is 1. The zero-order valence-corrected chi connectivity index (χ0v) is 29.2. The molecule has 0 saturated heterocycles. The number of alkyl carbamates (subject to hydrolysis) is 1. The molecule has 1 aliphatic heterocycles. The summed E-state index contributed by atoms with van der Waals surface area (Å²) in [5, 5.41) is 23.7. The summed E-state index contributed by atoms with van der Waals surface area (Å²) in [6.45, 7) is 13.0. The highest BCUT2D eigenvalue weighted by Gasteiger charge is 2.39. The molecule has 0 saturated carbocycles. The number of anilines is 1. The van der Waals surface area contributed by atoms with Crippen LogP contribution in [0.4, 0.5) is 10.5 Å². The molecule has 1 aliphatic rings. The Balaban J connectivity index is 1.70. The fourth-order valence-electron chi connectivity index (χ4n) is 4.94. The van der Waals surface area contributed by atoms with E-state index in [2.05, 4.69) is 41.9 Å². The van der Waals surface area contributed by atoms with Crippen molar-refractivity contribution in [1.29, 1.82) is 0 Å². The molecule has 17 nitrogen and oxygen atoms in total. The molecule has 3 rings (SSSR count). The summed E-state index contributed by atoms with van der Waals surface area (Å²) in [5.41, 5.74) is -0.445. The van der Waals surface area contributed by atoms with Crippen LogP contribution in [0.2, 0.25) is 0 Å². The molecule has 17 heteroatoms. The summed E-state index contributed by atoms with van der Waals surface area (Å²) in [7, 11) is 0. The fourth-order valence-corrected chi connectivity index (χ4v) is 4.94. The lowest BCUT2D eigenvalue weighted by Gasteiger charge is -2.28. The van der Waals surface area contributed by atoms with Gasteiger partial charge in [-0.05, 0) is 59.1 Å². The first-order valence-corrected chi connectivity index (χ1v) is 16.1. The fraction of sp³-hybridized carbons (Fsp3) is 0.594. The van der Waals surface area contributed by atoms with Gasteiger partial charge in [0.25, 0.3) is 0 Å². The third-order valence-corrected chi connectivity index (χ3v) is 7.35. The van der Waals surface area contributed by atoms with Gasteiger partial charge in [-0.15, -0.1) is 10.2 Å². The number of esters is 1. The van der Waals surface area contributed by atoms with E-state index >= 15 is 0 Å². The zero-order chi connectivity index (χ0) is 36.5. The lowest BCUT2D eigenvalue weighted by molar-refractivity contribution is -0.158. The van der Waals surface area contributed by atoms with Gasteiger partial charge in [0.2, 0.25) is 23.6 Å². The number of rotatable bonds is 13. The molecule has 0 spiro atoms. The first-order valence-electron chi connectivity index (χ1n) is 16.1. The van der Waals surface area contributed by atoms with E-state index in [9.17, 15) is 28.8 Å². The van der Waals surface area contributed by atoms with Crippen molar-refractivity contribution in [3.8, 4) is 0 Å². The van der Waals surface area contributed by atoms with Gasteiger partial charge in [-0.25, -0.2) is 9.59 Å². The van der Waals surface area contributed by atoms with E-state index in [0.717, 1.165) is 5.56 Å². The summed E-state index contributed by atoms with van der Waals surface area (Å²) >= 11 is 0. The van der Waals surface area contributed by atoms with Crippen molar-refractivity contribution in [3.63, 3.8) is 0 Å². The summed E-state index contributed by atoms with van der Waals surface area (Å²) < 4.78 is 10.7. The minimum Gasteiger partial charge on any atom is -0.458 e. The Morgan fingerprint density at radius 3 is 2.27 bits per heavy atom. The number of hydrogen-bond donors (Lipinski definition) is 5. The van der Waals surface area contributed by atoms with Crippen molar-refractivity contribution < 1.29 is 38.2 Å². The van der Waals surface area contributed by atoms with Crippen LogP contribution in [0, 0.1) is 5.92 Å². The Kier molecular flexibility index (Phi) is 12.8. The van der Waals surface area contributed by atoms with Crippen molar-refractivity contribution >= 4 is 41.4 Å². The molecule has 49 heavy (non-hydrogen) atoms. The number of benzene rings is 1. The number of carbonyl (C=O) groups excluding carboxylic acids is 6. The van der Waals surface area contributed by atoms with Gasteiger partial charge in [0.05, 0.1) is 19.5 Å². The van der Waals surface area contributed by atoms with Crippen molar-refractivity contribution in [3.05, 3.63) is 35.7 Å². The molecule has 0 fully saturated rings. The lowest BCUT2D eigenvalue weighted by Crippen LogP contribution is -2.55. The normalized spacial score (nSPS) is 16.0. The SMILES string of the molecule is CC[C@H](C)[C@H](NC(=O)C[C@@H](NC(=O)OC(C)(C)C)C(=O)OC(C)(C)C)C(=O)NCC(=O)N1c2ccccc2C[C@H]1C(=O)NCc1nn[nH]n1. The van der Waals surface area contributed by atoms with E-state index in [-0.39, 0.29) is 24.7 Å². The second-order valence-electron chi connectivity index (χ2n) is 13.7. The van der Waals surface area contributed by atoms with E-state index in [1.165, 1.54) is 4.90 Å². The largest absolute Gasteiger partial charge is 0.458 e. The smallest absolute Gasteiger partial charge is 0.408 e. The van der Waals surface area contributed by atoms with Crippen molar-refractivity contribution in [2.45, 2.75) is 111 Å². The molecule has 1 aromatic heterocycles. The predicted octanol–water partition coefficient (Wildman–Crippen LogP) is 1.05. The number of nitrogens with zero attached hydrogens (tertiary/aromatic N) is 4. The molecule has 0 unspecified atom stereocenters. The molecule has 2 aromatic rings. The van der Waals surface area contributed by atoms with E-state index in [1.54, 1.807) is 66.7 Å². The summed E-state index contributed by atoms with van der Waals surface area (Å²) in [5.74, 6) is -3.31. The second-order valence-corrected chi connectivity index (χ2v) is 13.7. The highest BCUT2D eigenvalue weighted by molar-refractivity contribution is 6.05. The van der Waals surface area contributed by atoms with Gasteiger partial charge in [-0.3, -0.25) is 24.1 Å². The molecule has 1 aromatic carbocycles. The number of carbonyl (C=O) groups is 6. The Hall–Kier alpha value is -5.09. The minimum absolute atomic E-state index is 0.000687. The molecule has 2 heterocycles. The predicted molar refractivity (Wildman–Crippen MR) is 175 cm³/mol. The first-order chi connectivity index (χ1) is 22.9. The molecular formula is C32H47N9O8. The first kappa shape index (κ1) is 38.4. The van der Waals surface area contributed by atoms with E-state index in [1.807, 2.05) is 13.0 Å². The average Bonchev–Trinajstić information content (AvgIpc) is 3.67. The minimum atomic E-state index is -1.41. The van der Waals surface area contributed by atoms with Gasteiger partial charge >= 0.3 is 12.1 Å². The Morgan fingerprint density at radius 1 is 0.980 bits per heavy atom. The molecule has 5 amide bonds. The number of aromatic nitrogens is 4. The van der Waals surface area contributed by atoms with E-state index < -0.39 is 78.0 Å². The highest BCUT2D eigenvalue weighted by atomic mass is 16.6. The van der Waals surface area contributed by atoms with Crippen LogP contribution in [0.15, 0.2) is 24.3 Å². The number of fused-ring (bicyclic) bond motifs is 1. The van der Waals surface area contributed by atoms with Crippen LogP contribution in [-0.4, -0.2) is 92.2 Å². The van der Waals surface area contributed by atoms with E-state index in [4.69, 9.17) is 9.47 Å². The van der Waals surface area contributed by atoms with Crippen LogP contribution >= 0.6 is 0 Å². The average molecular weight is 686 g/mol. The number of H-pyrrole nitrogens is 1. The topological polar surface area (TPSA) is 227 Å². The second kappa shape index (κ2) is 16.3. The van der Waals surface area contributed by atoms with Crippen molar-refractivity contribution in [1.82, 2.24) is 41.9 Å². The standard InChI is InChI=1S/C32H47N9O8/c1-9-18(2)26(36-24(42)15-20(29(46)48-31(3,4)5)35-30(47)49-32(6,7)8)28(45)34-17-25(43)41-21-13-11-10-12-19(21)14-22(41)27(44)33-16-23-37-39-40-38-23/h10-13,18,20,22,26H,9,14-17H2,1-8H3,(H,33,44)(H,34,45)(H,35,47)(H,36,42)(H,37,38,39,40)/t18-,20+,22-,26-/m0/s1. The third-order valence-electron chi connectivity index (χ3n) is 7.35. The number of hydrogen-bond acceptors (Lipinski definition) is 11.